The Bertz CT molecular complexity index is 1050. The van der Waals surface area contributed by atoms with Gasteiger partial charge in [0.2, 0.25) is 11.8 Å². The van der Waals surface area contributed by atoms with Crippen molar-refractivity contribution in [3.63, 3.8) is 0 Å². The van der Waals surface area contributed by atoms with Crippen molar-refractivity contribution in [2.24, 2.45) is 0 Å². The van der Waals surface area contributed by atoms with Crippen LogP contribution < -0.4 is 10.2 Å². The molecule has 2 aliphatic heterocycles. The van der Waals surface area contributed by atoms with Gasteiger partial charge in [0.15, 0.2) is 0 Å². The zero-order valence-corrected chi connectivity index (χ0v) is 17.8. The van der Waals surface area contributed by atoms with Crippen LogP contribution >= 0.6 is 0 Å². The number of amides is 3. The number of para-hydroxylation sites is 1. The lowest BCUT2D eigenvalue weighted by molar-refractivity contribution is -0.121. The molecule has 31 heavy (non-hydrogen) atoms. The third-order valence-corrected chi connectivity index (χ3v) is 7.17. The van der Waals surface area contributed by atoms with Crippen LogP contribution in [0.2, 0.25) is 0 Å². The van der Waals surface area contributed by atoms with E-state index in [0.29, 0.717) is 30.6 Å². The Morgan fingerprint density at radius 2 is 1.71 bits per heavy atom. The summed E-state index contributed by atoms with van der Waals surface area (Å²) in [4.78, 5) is 42.0. The van der Waals surface area contributed by atoms with Gasteiger partial charge in [-0.1, -0.05) is 42.5 Å². The molecule has 1 aliphatic carbocycles. The van der Waals surface area contributed by atoms with Gasteiger partial charge < -0.3 is 10.2 Å². The van der Waals surface area contributed by atoms with Crippen LogP contribution in [0.5, 0.6) is 0 Å². The van der Waals surface area contributed by atoms with Crippen molar-refractivity contribution in [3.8, 4) is 0 Å². The van der Waals surface area contributed by atoms with E-state index in [1.807, 2.05) is 43.3 Å². The highest BCUT2D eigenvalue weighted by molar-refractivity contribution is 6.10. The summed E-state index contributed by atoms with van der Waals surface area (Å²) < 4.78 is 0. The normalized spacial score (nSPS) is 23.4. The molecule has 0 radical (unpaired) electrons. The van der Waals surface area contributed by atoms with E-state index in [2.05, 4.69) is 17.4 Å². The van der Waals surface area contributed by atoms with Crippen LogP contribution in [0.25, 0.3) is 0 Å². The minimum Gasteiger partial charge on any atom is -0.355 e. The van der Waals surface area contributed by atoms with E-state index in [1.165, 1.54) is 5.56 Å². The summed E-state index contributed by atoms with van der Waals surface area (Å²) in [6.45, 7) is 2.84. The molecule has 2 aromatic carbocycles. The molecule has 5 rings (SSSR count). The summed E-state index contributed by atoms with van der Waals surface area (Å²) in [5.74, 6) is -0.149. The number of carbonyl (C=O) groups is 3. The summed E-state index contributed by atoms with van der Waals surface area (Å²) in [7, 11) is 0. The first-order chi connectivity index (χ1) is 14.9. The largest absolute Gasteiger partial charge is 0.355 e. The number of benzene rings is 2. The predicted octanol–water partition coefficient (Wildman–Crippen LogP) is 3.22. The number of hydrogen-bond acceptors (Lipinski definition) is 3. The molecule has 2 heterocycles. The molecular formula is C25H27N3O3. The molecule has 6 heteroatoms. The number of hydrogen-bond donors (Lipinski definition) is 1. The van der Waals surface area contributed by atoms with E-state index in [1.54, 1.807) is 15.9 Å². The third-order valence-electron chi connectivity index (χ3n) is 7.17. The van der Waals surface area contributed by atoms with Crippen LogP contribution in [0.3, 0.4) is 0 Å². The Hall–Kier alpha value is -3.15. The van der Waals surface area contributed by atoms with E-state index in [-0.39, 0.29) is 36.1 Å². The summed E-state index contributed by atoms with van der Waals surface area (Å²) in [5.41, 5.74) is 1.81. The lowest BCUT2D eigenvalue weighted by Gasteiger charge is -2.48. The lowest BCUT2D eigenvalue weighted by Crippen LogP contribution is -2.62. The average molecular weight is 418 g/mol. The van der Waals surface area contributed by atoms with Crippen LogP contribution in [-0.4, -0.2) is 41.4 Å². The molecule has 1 saturated carbocycles. The predicted molar refractivity (Wildman–Crippen MR) is 118 cm³/mol. The fraction of sp³-hybridized carbons (Fsp3) is 0.400. The second-order valence-electron chi connectivity index (χ2n) is 9.09. The maximum Gasteiger partial charge on any atom is 0.257 e. The zero-order valence-electron chi connectivity index (χ0n) is 17.8. The van der Waals surface area contributed by atoms with Gasteiger partial charge in [0.1, 0.15) is 5.66 Å². The summed E-state index contributed by atoms with van der Waals surface area (Å²) in [6, 6.07) is 17.6. The zero-order chi connectivity index (χ0) is 21.6. The number of rotatable bonds is 6. The molecule has 160 valence electrons. The fourth-order valence-corrected chi connectivity index (χ4v) is 5.12. The molecule has 0 bridgehead atoms. The van der Waals surface area contributed by atoms with Gasteiger partial charge in [-0.15, -0.1) is 0 Å². The second kappa shape index (κ2) is 7.22. The van der Waals surface area contributed by atoms with Crippen molar-refractivity contribution in [2.75, 3.05) is 18.0 Å². The Balaban J connectivity index is 1.27. The number of nitrogens with zero attached hydrogens (tertiary/aromatic N) is 2. The van der Waals surface area contributed by atoms with Crippen LogP contribution in [0.15, 0.2) is 54.6 Å². The monoisotopic (exact) mass is 417 g/mol. The highest BCUT2D eigenvalue weighted by atomic mass is 16.2. The first-order valence-corrected chi connectivity index (χ1v) is 11.0. The van der Waals surface area contributed by atoms with Gasteiger partial charge in [0.05, 0.1) is 11.3 Å². The van der Waals surface area contributed by atoms with Gasteiger partial charge in [-0.3, -0.25) is 19.3 Å². The molecule has 3 aliphatic rings. The molecule has 0 spiro atoms. The van der Waals surface area contributed by atoms with Crippen molar-refractivity contribution in [3.05, 3.63) is 65.7 Å². The van der Waals surface area contributed by atoms with Crippen LogP contribution in [-0.2, 0) is 15.0 Å². The van der Waals surface area contributed by atoms with E-state index in [9.17, 15) is 14.4 Å². The topological polar surface area (TPSA) is 69.7 Å². The van der Waals surface area contributed by atoms with Gasteiger partial charge in [-0.05, 0) is 43.9 Å². The van der Waals surface area contributed by atoms with Crippen LogP contribution in [0.4, 0.5) is 5.69 Å². The Morgan fingerprint density at radius 1 is 1.00 bits per heavy atom. The fourth-order valence-electron chi connectivity index (χ4n) is 5.12. The third kappa shape index (κ3) is 3.21. The van der Waals surface area contributed by atoms with Gasteiger partial charge in [0, 0.05) is 31.3 Å². The molecule has 2 aromatic rings. The van der Waals surface area contributed by atoms with E-state index < -0.39 is 5.66 Å². The maximum absolute atomic E-state index is 13.3. The molecule has 0 aromatic heterocycles. The quantitative estimate of drug-likeness (QED) is 0.785. The molecule has 2 fully saturated rings. The second-order valence-corrected chi connectivity index (χ2v) is 9.09. The number of nitrogens with one attached hydrogen (secondary N) is 1. The van der Waals surface area contributed by atoms with Gasteiger partial charge in [-0.25, -0.2) is 0 Å². The molecule has 1 atom stereocenters. The first-order valence-electron chi connectivity index (χ1n) is 11.0. The molecule has 1 N–H and O–H groups in total. The molecular weight excluding hydrogens is 390 g/mol. The molecule has 3 amide bonds. The summed E-state index contributed by atoms with van der Waals surface area (Å²) >= 11 is 0. The van der Waals surface area contributed by atoms with E-state index in [0.717, 1.165) is 12.8 Å². The number of fused-ring (bicyclic) bond motifs is 3. The van der Waals surface area contributed by atoms with Crippen LogP contribution in [0.1, 0.15) is 54.9 Å². The lowest BCUT2D eigenvalue weighted by atomic mass is 9.96. The van der Waals surface area contributed by atoms with E-state index in [4.69, 9.17) is 0 Å². The van der Waals surface area contributed by atoms with Crippen molar-refractivity contribution in [2.45, 2.75) is 50.1 Å². The van der Waals surface area contributed by atoms with Crippen molar-refractivity contribution in [1.29, 1.82) is 0 Å². The highest BCUT2D eigenvalue weighted by Crippen LogP contribution is 2.47. The highest BCUT2D eigenvalue weighted by Gasteiger charge is 2.53. The van der Waals surface area contributed by atoms with Gasteiger partial charge in [0.25, 0.3) is 5.91 Å². The molecule has 1 unspecified atom stereocenters. The Morgan fingerprint density at radius 3 is 2.45 bits per heavy atom. The van der Waals surface area contributed by atoms with Gasteiger partial charge >= 0.3 is 0 Å². The van der Waals surface area contributed by atoms with Crippen LogP contribution in [0, 0.1) is 0 Å². The maximum atomic E-state index is 13.3. The average Bonchev–Trinajstić information content (AvgIpc) is 3.52. The Kier molecular flexibility index (Phi) is 4.61. The number of anilines is 1. The smallest absolute Gasteiger partial charge is 0.257 e. The summed E-state index contributed by atoms with van der Waals surface area (Å²) in [5, 5.41) is 3.08. The van der Waals surface area contributed by atoms with Crippen molar-refractivity contribution < 1.29 is 14.4 Å². The molecule has 6 nitrogen and oxygen atoms in total. The minimum absolute atomic E-state index is 0.0236. The Labute approximate surface area is 182 Å². The van der Waals surface area contributed by atoms with Gasteiger partial charge in [-0.2, -0.15) is 0 Å². The van der Waals surface area contributed by atoms with Crippen molar-refractivity contribution in [1.82, 2.24) is 10.2 Å². The molecule has 1 saturated heterocycles. The number of carbonyl (C=O) groups excluding carboxylic acids is 3. The minimum atomic E-state index is -0.718. The van der Waals surface area contributed by atoms with E-state index >= 15 is 0 Å². The first kappa shape index (κ1) is 19.8. The summed E-state index contributed by atoms with van der Waals surface area (Å²) in [6.07, 6.45) is 3.35. The van der Waals surface area contributed by atoms with Crippen molar-refractivity contribution >= 4 is 23.4 Å². The standard InChI is InChI=1S/C25H27N3O3/c1-24-13-11-22(30)28(24)20-10-6-5-9-19(20)23(31)27(24)16-12-21(29)26-17-25(14-15-25)18-7-3-2-4-8-18/h2-10H,11-17H2,1H3,(H,26,29). The SMILES string of the molecule is CC12CCC(=O)N1c1ccccc1C(=O)N2CCC(=O)NCC1(c2ccccc2)CC1.